The summed E-state index contributed by atoms with van der Waals surface area (Å²) in [5.41, 5.74) is 2.15. The number of carbonyl (C=O) groups excluding carboxylic acids is 3. The summed E-state index contributed by atoms with van der Waals surface area (Å²) in [6.07, 6.45) is -0.297. The van der Waals surface area contributed by atoms with Crippen molar-refractivity contribution in [1.82, 2.24) is 0 Å². The number of nitrogens with zero attached hydrogens (tertiary/aromatic N) is 2. The Morgan fingerprint density at radius 3 is 2.58 bits per heavy atom. The lowest BCUT2D eigenvalue weighted by Gasteiger charge is -2.36. The Labute approximate surface area is 189 Å². The Hall–Kier alpha value is -4.53. The van der Waals surface area contributed by atoms with Crippen LogP contribution in [0.5, 0.6) is 0 Å². The molecular formula is C24H20N4O5. The molecular weight excluding hydrogens is 424 g/mol. The second kappa shape index (κ2) is 8.91. The Morgan fingerprint density at radius 1 is 1.06 bits per heavy atom. The van der Waals surface area contributed by atoms with E-state index in [1.54, 1.807) is 42.5 Å². The summed E-state index contributed by atoms with van der Waals surface area (Å²) in [6.45, 7) is 1.89. The minimum atomic E-state index is -1.14. The largest absolute Gasteiger partial charge is 0.326 e. The maximum absolute atomic E-state index is 13.5. The maximum Gasteiger partial charge on any atom is 0.270 e. The molecule has 0 unspecified atom stereocenters. The van der Waals surface area contributed by atoms with Gasteiger partial charge in [-0.3, -0.25) is 29.4 Å². The molecule has 0 bridgehead atoms. The Morgan fingerprint density at radius 2 is 1.82 bits per heavy atom. The number of hydrogen-bond acceptors (Lipinski definition) is 5. The molecule has 9 nitrogen and oxygen atoms in total. The van der Waals surface area contributed by atoms with Gasteiger partial charge in [-0.1, -0.05) is 30.3 Å². The molecule has 2 N–H and O–H groups in total. The van der Waals surface area contributed by atoms with Crippen LogP contribution in [0.4, 0.5) is 22.7 Å². The zero-order valence-corrected chi connectivity index (χ0v) is 17.6. The number of nitro benzene ring substituents is 1. The molecule has 166 valence electrons. The summed E-state index contributed by atoms with van der Waals surface area (Å²) in [7, 11) is 0. The van der Waals surface area contributed by atoms with Gasteiger partial charge in [-0.25, -0.2) is 0 Å². The number of nitro groups is 1. The van der Waals surface area contributed by atoms with E-state index in [1.807, 2.05) is 13.0 Å². The van der Waals surface area contributed by atoms with Crippen LogP contribution in [0.25, 0.3) is 0 Å². The zero-order chi connectivity index (χ0) is 23.5. The molecule has 9 heteroatoms. The average Bonchev–Trinajstić information content (AvgIpc) is 2.79. The van der Waals surface area contributed by atoms with Gasteiger partial charge in [-0.05, 0) is 42.8 Å². The highest BCUT2D eigenvalue weighted by molar-refractivity contribution is 6.18. The molecule has 0 saturated heterocycles. The van der Waals surface area contributed by atoms with E-state index in [0.717, 1.165) is 11.6 Å². The van der Waals surface area contributed by atoms with Crippen molar-refractivity contribution >= 4 is 40.5 Å². The smallest absolute Gasteiger partial charge is 0.270 e. The molecule has 3 aromatic carbocycles. The summed E-state index contributed by atoms with van der Waals surface area (Å²) in [4.78, 5) is 51.0. The van der Waals surface area contributed by atoms with Crippen LogP contribution in [0.15, 0.2) is 72.8 Å². The van der Waals surface area contributed by atoms with Gasteiger partial charge in [0.25, 0.3) is 11.6 Å². The molecule has 0 spiro atoms. The highest BCUT2D eigenvalue weighted by Crippen LogP contribution is 2.34. The Kier molecular flexibility index (Phi) is 5.86. The van der Waals surface area contributed by atoms with Gasteiger partial charge >= 0.3 is 0 Å². The molecule has 3 aromatic rings. The van der Waals surface area contributed by atoms with Crippen molar-refractivity contribution in [2.24, 2.45) is 0 Å². The highest BCUT2D eigenvalue weighted by atomic mass is 16.6. The van der Waals surface area contributed by atoms with Gasteiger partial charge in [0.15, 0.2) is 0 Å². The molecule has 0 aliphatic carbocycles. The van der Waals surface area contributed by atoms with Crippen molar-refractivity contribution in [3.8, 4) is 0 Å². The van der Waals surface area contributed by atoms with Crippen LogP contribution in [0, 0.1) is 17.0 Å². The van der Waals surface area contributed by atoms with Crippen LogP contribution in [0.3, 0.4) is 0 Å². The normalized spacial score (nSPS) is 14.8. The van der Waals surface area contributed by atoms with Crippen LogP contribution >= 0.6 is 0 Å². The number of rotatable bonds is 5. The third-order valence-electron chi connectivity index (χ3n) is 5.24. The lowest BCUT2D eigenvalue weighted by Crippen LogP contribution is -2.52. The van der Waals surface area contributed by atoms with Crippen LogP contribution < -0.4 is 15.5 Å². The van der Waals surface area contributed by atoms with E-state index >= 15 is 0 Å². The van der Waals surface area contributed by atoms with Crippen molar-refractivity contribution in [1.29, 1.82) is 0 Å². The van der Waals surface area contributed by atoms with Gasteiger partial charge in [0.05, 0.1) is 22.7 Å². The molecule has 0 aromatic heterocycles. The van der Waals surface area contributed by atoms with Crippen LogP contribution in [0.2, 0.25) is 0 Å². The van der Waals surface area contributed by atoms with E-state index in [4.69, 9.17) is 0 Å². The fourth-order valence-corrected chi connectivity index (χ4v) is 3.73. The van der Waals surface area contributed by atoms with E-state index < -0.39 is 28.7 Å². The monoisotopic (exact) mass is 444 g/mol. The van der Waals surface area contributed by atoms with Crippen molar-refractivity contribution < 1.29 is 19.3 Å². The first-order valence-corrected chi connectivity index (χ1v) is 10.2. The minimum absolute atomic E-state index is 0.0396. The number of amides is 3. The third kappa shape index (κ3) is 4.57. The molecule has 4 rings (SSSR count). The summed E-state index contributed by atoms with van der Waals surface area (Å²) in [6, 6.07) is 18.0. The lowest BCUT2D eigenvalue weighted by atomic mass is 10.0. The molecule has 1 heterocycles. The number of benzene rings is 3. The third-order valence-corrected chi connectivity index (χ3v) is 5.24. The van der Waals surface area contributed by atoms with Crippen LogP contribution in [-0.2, 0) is 9.59 Å². The highest BCUT2D eigenvalue weighted by Gasteiger charge is 2.38. The minimum Gasteiger partial charge on any atom is -0.326 e. The molecule has 1 atom stereocenters. The van der Waals surface area contributed by atoms with Gasteiger partial charge in [-0.15, -0.1) is 0 Å². The first-order chi connectivity index (χ1) is 15.8. The van der Waals surface area contributed by atoms with E-state index in [2.05, 4.69) is 10.6 Å². The van der Waals surface area contributed by atoms with Crippen molar-refractivity contribution in [2.75, 3.05) is 15.5 Å². The SMILES string of the molecule is Cc1cccc(NC(=O)C[C@@H]2C(=O)Nc3ccccc3N2C(=O)c2cccc([N+](=O)[O-])c2)c1. The molecule has 1 aliphatic rings. The maximum atomic E-state index is 13.5. The Balaban J connectivity index is 1.68. The second-order valence-corrected chi connectivity index (χ2v) is 7.63. The number of hydrogen-bond donors (Lipinski definition) is 2. The Bertz CT molecular complexity index is 1270. The number of fused-ring (bicyclic) bond motifs is 1. The number of non-ortho nitro benzene ring substituents is 1. The number of aryl methyl sites for hydroxylation is 1. The molecule has 3 amide bonds. The lowest BCUT2D eigenvalue weighted by molar-refractivity contribution is -0.384. The number of nitrogens with one attached hydrogen (secondary N) is 2. The standard InChI is InChI=1S/C24H20N4O5/c1-15-6-4-8-17(12-15)25-22(29)14-21-23(30)26-19-10-2-3-11-20(19)27(21)24(31)16-7-5-9-18(13-16)28(32)33/h2-13,21H,14H2,1H3,(H,25,29)(H,26,30)/t21-/m1/s1. The van der Waals surface area contributed by atoms with Crippen LogP contribution in [-0.4, -0.2) is 28.7 Å². The number of para-hydroxylation sites is 2. The molecule has 0 fully saturated rings. The van der Waals surface area contributed by atoms with Crippen molar-refractivity contribution in [2.45, 2.75) is 19.4 Å². The second-order valence-electron chi connectivity index (χ2n) is 7.63. The number of carbonyl (C=O) groups is 3. The predicted octanol–water partition coefficient (Wildman–Crippen LogP) is 3.90. The molecule has 0 saturated carbocycles. The molecule has 1 aliphatic heterocycles. The summed E-state index contributed by atoms with van der Waals surface area (Å²) < 4.78 is 0. The fraction of sp³-hybridized carbons (Fsp3) is 0.125. The first-order valence-electron chi connectivity index (χ1n) is 10.2. The molecule has 33 heavy (non-hydrogen) atoms. The van der Waals surface area contributed by atoms with E-state index in [1.165, 1.54) is 23.1 Å². The quantitative estimate of drug-likeness (QED) is 0.457. The zero-order valence-electron chi connectivity index (χ0n) is 17.6. The van der Waals surface area contributed by atoms with Gasteiger partial charge in [-0.2, -0.15) is 0 Å². The van der Waals surface area contributed by atoms with E-state index in [0.29, 0.717) is 17.1 Å². The van der Waals surface area contributed by atoms with Gasteiger partial charge in [0.1, 0.15) is 6.04 Å². The topological polar surface area (TPSA) is 122 Å². The van der Waals surface area contributed by atoms with Gasteiger partial charge < -0.3 is 10.6 Å². The summed E-state index contributed by atoms with van der Waals surface area (Å²) >= 11 is 0. The van der Waals surface area contributed by atoms with E-state index in [9.17, 15) is 24.5 Å². The predicted molar refractivity (Wildman–Crippen MR) is 123 cm³/mol. The summed E-state index contributed by atoms with van der Waals surface area (Å²) in [5, 5.41) is 16.7. The van der Waals surface area contributed by atoms with Gasteiger partial charge in [0, 0.05) is 23.4 Å². The van der Waals surface area contributed by atoms with Crippen molar-refractivity contribution in [3.63, 3.8) is 0 Å². The number of anilines is 3. The van der Waals surface area contributed by atoms with Crippen LogP contribution in [0.1, 0.15) is 22.3 Å². The van der Waals surface area contributed by atoms with Crippen molar-refractivity contribution in [3.05, 3.63) is 94.0 Å². The first kappa shape index (κ1) is 21.7. The average molecular weight is 444 g/mol. The van der Waals surface area contributed by atoms with E-state index in [-0.39, 0.29) is 17.7 Å². The fourth-order valence-electron chi connectivity index (χ4n) is 3.73. The molecule has 0 radical (unpaired) electrons. The summed E-state index contributed by atoms with van der Waals surface area (Å²) in [5.74, 6) is -1.58. The van der Waals surface area contributed by atoms with Gasteiger partial charge in [0.2, 0.25) is 11.8 Å².